The highest BCUT2D eigenvalue weighted by Gasteiger charge is 2.23. The number of carbonyl (C=O) groups is 1. The molecule has 9 nitrogen and oxygen atoms in total. The van der Waals surface area contributed by atoms with E-state index in [4.69, 9.17) is 9.84 Å². The zero-order valence-corrected chi connectivity index (χ0v) is 11.5. The second kappa shape index (κ2) is 6.29. The average molecular weight is 304 g/mol. The monoisotopic (exact) mass is 304 g/mol. The summed E-state index contributed by atoms with van der Waals surface area (Å²) in [5.74, 6) is -1.11. The van der Waals surface area contributed by atoms with Gasteiger partial charge in [-0.3, -0.25) is 4.79 Å². The van der Waals surface area contributed by atoms with Crippen molar-refractivity contribution in [3.63, 3.8) is 0 Å². The number of hydrogen-bond acceptors (Lipinski definition) is 6. The minimum Gasteiger partial charge on any atom is -0.480 e. The molecule has 0 bridgehead atoms. The first-order valence-corrected chi connectivity index (χ1v) is 7.79. The van der Waals surface area contributed by atoms with E-state index < -0.39 is 16.0 Å². The number of aromatic nitrogens is 3. The van der Waals surface area contributed by atoms with E-state index in [2.05, 4.69) is 15.0 Å². The number of rotatable bonds is 7. The largest absolute Gasteiger partial charge is 0.480 e. The molecule has 1 saturated heterocycles. The number of nitrogens with zero attached hydrogens (tertiary/aromatic N) is 3. The summed E-state index contributed by atoms with van der Waals surface area (Å²) >= 11 is 0. The molecule has 1 unspecified atom stereocenters. The predicted molar refractivity (Wildman–Crippen MR) is 67.3 cm³/mol. The molecule has 20 heavy (non-hydrogen) atoms. The van der Waals surface area contributed by atoms with Crippen LogP contribution in [0.2, 0.25) is 0 Å². The van der Waals surface area contributed by atoms with Crippen molar-refractivity contribution in [1.82, 2.24) is 19.7 Å². The first-order chi connectivity index (χ1) is 9.44. The van der Waals surface area contributed by atoms with E-state index in [0.717, 1.165) is 17.5 Å². The van der Waals surface area contributed by atoms with Gasteiger partial charge in [0.25, 0.3) is 0 Å². The van der Waals surface area contributed by atoms with Crippen molar-refractivity contribution < 1.29 is 23.1 Å². The van der Waals surface area contributed by atoms with E-state index in [0.29, 0.717) is 12.3 Å². The van der Waals surface area contributed by atoms with Crippen LogP contribution in [0.15, 0.2) is 6.20 Å². The van der Waals surface area contributed by atoms with Gasteiger partial charge in [0.1, 0.15) is 6.54 Å². The Kier molecular flexibility index (Phi) is 4.68. The van der Waals surface area contributed by atoms with Gasteiger partial charge in [-0.05, 0) is 12.8 Å². The van der Waals surface area contributed by atoms with Gasteiger partial charge in [0.15, 0.2) is 0 Å². The van der Waals surface area contributed by atoms with Gasteiger partial charge in [-0.2, -0.15) is 0 Å². The van der Waals surface area contributed by atoms with Gasteiger partial charge in [0.2, 0.25) is 10.0 Å². The summed E-state index contributed by atoms with van der Waals surface area (Å²) in [5, 5.41) is 15.9. The zero-order valence-electron chi connectivity index (χ0n) is 10.7. The molecule has 1 aromatic rings. The van der Waals surface area contributed by atoms with Crippen LogP contribution in [0.4, 0.5) is 0 Å². The number of aliphatic carboxylic acids is 1. The lowest BCUT2D eigenvalue weighted by molar-refractivity contribution is -0.137. The van der Waals surface area contributed by atoms with Crippen molar-refractivity contribution in [3.8, 4) is 0 Å². The molecule has 0 radical (unpaired) electrons. The van der Waals surface area contributed by atoms with Crippen molar-refractivity contribution in [2.45, 2.75) is 32.0 Å². The van der Waals surface area contributed by atoms with E-state index in [-0.39, 0.29) is 24.9 Å². The van der Waals surface area contributed by atoms with E-state index in [9.17, 15) is 13.2 Å². The van der Waals surface area contributed by atoms with Gasteiger partial charge in [-0.1, -0.05) is 5.21 Å². The Balaban J connectivity index is 1.84. The van der Waals surface area contributed by atoms with Crippen molar-refractivity contribution in [2.24, 2.45) is 0 Å². The summed E-state index contributed by atoms with van der Waals surface area (Å²) in [5.41, 5.74) is 0.363. The van der Waals surface area contributed by atoms with E-state index >= 15 is 0 Å². The first kappa shape index (κ1) is 14.9. The third-order valence-electron chi connectivity index (χ3n) is 2.79. The lowest BCUT2D eigenvalue weighted by Gasteiger charge is -2.10. The number of ether oxygens (including phenoxy) is 1. The summed E-state index contributed by atoms with van der Waals surface area (Å²) in [6, 6.07) is 0. The predicted octanol–water partition coefficient (Wildman–Crippen LogP) is -1.04. The Hall–Kier alpha value is -1.52. The first-order valence-electron chi connectivity index (χ1n) is 6.14. The number of carboxylic acid groups (broad SMARTS) is 1. The molecule has 0 amide bonds. The summed E-state index contributed by atoms with van der Waals surface area (Å²) in [6.07, 6.45) is 2.76. The van der Waals surface area contributed by atoms with Crippen LogP contribution < -0.4 is 4.72 Å². The van der Waals surface area contributed by atoms with Gasteiger partial charge in [-0.15, -0.1) is 5.10 Å². The summed E-state index contributed by atoms with van der Waals surface area (Å²) in [7, 11) is -3.45. The molecule has 1 aromatic heterocycles. The molecule has 1 atom stereocenters. The molecule has 2 rings (SSSR count). The Morgan fingerprint density at radius 1 is 1.60 bits per heavy atom. The maximum absolute atomic E-state index is 11.8. The normalized spacial score (nSPS) is 19.3. The fraction of sp³-hybridized carbons (Fsp3) is 0.700. The van der Waals surface area contributed by atoms with Crippen molar-refractivity contribution in [1.29, 1.82) is 0 Å². The minimum atomic E-state index is -3.45. The van der Waals surface area contributed by atoms with Crippen LogP contribution in [-0.2, 0) is 32.6 Å². The van der Waals surface area contributed by atoms with Crippen molar-refractivity contribution in [2.75, 3.05) is 12.4 Å². The smallest absolute Gasteiger partial charge is 0.325 e. The molecule has 112 valence electrons. The molecule has 0 aromatic carbocycles. The van der Waals surface area contributed by atoms with E-state index in [1.165, 1.54) is 6.20 Å². The Labute approximate surface area is 116 Å². The third kappa shape index (κ3) is 4.54. The molecular formula is C10H16N4O5S. The summed E-state index contributed by atoms with van der Waals surface area (Å²) in [6.45, 7) is 0.272. The fourth-order valence-corrected chi connectivity index (χ4v) is 3.14. The maximum atomic E-state index is 11.8. The third-order valence-corrected chi connectivity index (χ3v) is 4.18. The maximum Gasteiger partial charge on any atom is 0.325 e. The average Bonchev–Trinajstić information content (AvgIpc) is 2.97. The van der Waals surface area contributed by atoms with Crippen LogP contribution in [0, 0.1) is 0 Å². The van der Waals surface area contributed by atoms with Gasteiger partial charge in [-0.25, -0.2) is 17.8 Å². The number of carboxylic acids is 1. The second-order valence-electron chi connectivity index (χ2n) is 4.54. The van der Waals surface area contributed by atoms with Crippen LogP contribution >= 0.6 is 0 Å². The highest BCUT2D eigenvalue weighted by Crippen LogP contribution is 2.13. The summed E-state index contributed by atoms with van der Waals surface area (Å²) in [4.78, 5) is 10.5. The van der Waals surface area contributed by atoms with Gasteiger partial charge in [0.05, 0.1) is 30.3 Å². The quantitative estimate of drug-likeness (QED) is 0.659. The van der Waals surface area contributed by atoms with Crippen molar-refractivity contribution >= 4 is 16.0 Å². The van der Waals surface area contributed by atoms with Gasteiger partial charge < -0.3 is 9.84 Å². The fourth-order valence-electron chi connectivity index (χ4n) is 1.90. The van der Waals surface area contributed by atoms with Crippen molar-refractivity contribution in [3.05, 3.63) is 11.9 Å². The van der Waals surface area contributed by atoms with E-state index in [1.54, 1.807) is 0 Å². The molecular weight excluding hydrogens is 288 g/mol. The molecule has 0 spiro atoms. The lowest BCUT2D eigenvalue weighted by atomic mass is 10.3. The number of nitrogens with one attached hydrogen (secondary N) is 1. The summed E-state index contributed by atoms with van der Waals surface area (Å²) < 4.78 is 32.4. The van der Waals surface area contributed by atoms with Crippen LogP contribution in [0.5, 0.6) is 0 Å². The molecule has 0 saturated carbocycles. The molecule has 2 N–H and O–H groups in total. The Morgan fingerprint density at radius 3 is 3.05 bits per heavy atom. The minimum absolute atomic E-state index is 0.0192. The van der Waals surface area contributed by atoms with Crippen LogP contribution in [0.3, 0.4) is 0 Å². The number of hydrogen-bond donors (Lipinski definition) is 2. The molecule has 1 fully saturated rings. The zero-order chi connectivity index (χ0) is 14.6. The standard InChI is InChI=1S/C10H16N4O5S/c15-10(16)6-14-5-8(12-13-14)4-11-20(17,18)7-9-2-1-3-19-9/h5,9,11H,1-4,6-7H2,(H,15,16). The molecule has 1 aliphatic heterocycles. The van der Waals surface area contributed by atoms with Gasteiger partial charge >= 0.3 is 5.97 Å². The highest BCUT2D eigenvalue weighted by molar-refractivity contribution is 7.89. The highest BCUT2D eigenvalue weighted by atomic mass is 32.2. The molecule has 1 aliphatic rings. The molecule has 2 heterocycles. The van der Waals surface area contributed by atoms with Gasteiger partial charge in [0, 0.05) is 6.61 Å². The van der Waals surface area contributed by atoms with Crippen LogP contribution in [0.25, 0.3) is 0 Å². The second-order valence-corrected chi connectivity index (χ2v) is 6.39. The Bertz CT molecular complexity index is 564. The molecule has 0 aliphatic carbocycles. The lowest BCUT2D eigenvalue weighted by Crippen LogP contribution is -2.31. The molecule has 10 heteroatoms. The Morgan fingerprint density at radius 2 is 2.40 bits per heavy atom. The SMILES string of the molecule is O=C(O)Cn1cc(CNS(=O)(=O)CC2CCCO2)nn1. The van der Waals surface area contributed by atoms with Crippen LogP contribution in [0.1, 0.15) is 18.5 Å². The topological polar surface area (TPSA) is 123 Å². The number of sulfonamides is 1. The van der Waals surface area contributed by atoms with E-state index in [1.807, 2.05) is 0 Å². The van der Waals surface area contributed by atoms with Crippen LogP contribution in [-0.4, -0.2) is 53.0 Å².